The molecule has 0 spiro atoms. The molecule has 2 fully saturated rings. The summed E-state index contributed by atoms with van der Waals surface area (Å²) in [5.74, 6) is 0.414. The molecule has 0 bridgehead atoms. The first-order chi connectivity index (χ1) is 14.6. The highest BCUT2D eigenvalue weighted by Crippen LogP contribution is 2.29. The van der Waals surface area contributed by atoms with Gasteiger partial charge in [0.15, 0.2) is 0 Å². The second kappa shape index (κ2) is 11.2. The van der Waals surface area contributed by atoms with Gasteiger partial charge >= 0.3 is 0 Å². The lowest BCUT2D eigenvalue weighted by molar-refractivity contribution is -0.131. The lowest BCUT2D eigenvalue weighted by atomic mass is 10.1. The van der Waals surface area contributed by atoms with Crippen molar-refractivity contribution in [2.75, 3.05) is 62.2 Å². The van der Waals surface area contributed by atoms with Gasteiger partial charge in [-0.3, -0.25) is 9.59 Å². The molecule has 2 heterocycles. The highest BCUT2D eigenvalue weighted by Gasteiger charge is 2.23. The van der Waals surface area contributed by atoms with Gasteiger partial charge in [-0.05, 0) is 64.5 Å². The van der Waals surface area contributed by atoms with E-state index in [9.17, 15) is 9.59 Å². The lowest BCUT2D eigenvalue weighted by Crippen LogP contribution is -2.44. The van der Waals surface area contributed by atoms with E-state index in [2.05, 4.69) is 35.8 Å². The average Bonchev–Trinajstić information content (AvgIpc) is 2.82. The van der Waals surface area contributed by atoms with Crippen LogP contribution >= 0.6 is 0 Å². The number of carbonyl (C=O) groups is 2. The Balaban J connectivity index is 1.73. The number of hydrogen-bond donors (Lipinski definition) is 0. The maximum atomic E-state index is 12.9. The Morgan fingerprint density at radius 2 is 1.07 bits per heavy atom. The first kappa shape index (κ1) is 22.4. The fraction of sp³-hybridized carbons (Fsp3) is 0.667. The Morgan fingerprint density at radius 1 is 0.700 bits per heavy atom. The fourth-order valence-electron chi connectivity index (χ4n) is 4.55. The molecule has 166 valence electrons. The molecule has 0 saturated carbocycles. The van der Waals surface area contributed by atoms with Gasteiger partial charge in [-0.1, -0.05) is 12.1 Å². The Kier molecular flexibility index (Phi) is 8.40. The summed E-state index contributed by atoms with van der Waals surface area (Å²) in [6, 6.07) is 8.20. The van der Waals surface area contributed by atoms with Crippen LogP contribution in [-0.4, -0.2) is 74.0 Å². The van der Waals surface area contributed by atoms with E-state index in [0.29, 0.717) is 13.1 Å². The smallest absolute Gasteiger partial charge is 0.242 e. The molecule has 0 aromatic heterocycles. The van der Waals surface area contributed by atoms with Gasteiger partial charge in [0.05, 0.1) is 24.5 Å². The molecule has 2 saturated heterocycles. The monoisotopic (exact) mass is 414 g/mol. The maximum absolute atomic E-state index is 12.9. The first-order valence-corrected chi connectivity index (χ1v) is 11.8. The number of likely N-dealkylation sites (tertiary alicyclic amines) is 2. The van der Waals surface area contributed by atoms with Crippen LogP contribution in [0.2, 0.25) is 0 Å². The van der Waals surface area contributed by atoms with Crippen LogP contribution in [0.4, 0.5) is 11.4 Å². The van der Waals surface area contributed by atoms with Gasteiger partial charge in [0.25, 0.3) is 0 Å². The molecule has 2 aliphatic heterocycles. The van der Waals surface area contributed by atoms with Crippen molar-refractivity contribution >= 4 is 23.2 Å². The summed E-state index contributed by atoms with van der Waals surface area (Å²) in [5, 5.41) is 0. The molecule has 0 unspecified atom stereocenters. The van der Waals surface area contributed by atoms with Crippen LogP contribution in [0.3, 0.4) is 0 Å². The predicted octanol–water partition coefficient (Wildman–Crippen LogP) is 3.36. The number of piperidine rings is 2. The zero-order valence-electron chi connectivity index (χ0n) is 18.8. The van der Waals surface area contributed by atoms with Crippen molar-refractivity contribution in [3.05, 3.63) is 24.3 Å². The summed E-state index contributed by atoms with van der Waals surface area (Å²) in [6.07, 6.45) is 6.88. The van der Waals surface area contributed by atoms with Gasteiger partial charge in [0.1, 0.15) is 0 Å². The summed E-state index contributed by atoms with van der Waals surface area (Å²) in [6.45, 7) is 10.0. The zero-order valence-corrected chi connectivity index (χ0v) is 18.8. The van der Waals surface area contributed by atoms with E-state index in [-0.39, 0.29) is 11.8 Å². The Hall–Kier alpha value is -2.24. The molecule has 0 atom stereocenters. The number of para-hydroxylation sites is 2. The number of carbonyl (C=O) groups excluding carboxylic acids is 2. The predicted molar refractivity (Wildman–Crippen MR) is 123 cm³/mol. The van der Waals surface area contributed by atoms with E-state index in [4.69, 9.17) is 0 Å². The minimum atomic E-state index is 0.207. The molecule has 1 aromatic rings. The van der Waals surface area contributed by atoms with Crippen molar-refractivity contribution in [1.82, 2.24) is 9.80 Å². The molecular weight excluding hydrogens is 376 g/mol. The molecule has 0 radical (unpaired) electrons. The number of nitrogens with zero attached hydrogens (tertiary/aromatic N) is 4. The number of hydrogen-bond acceptors (Lipinski definition) is 4. The molecule has 1 aromatic carbocycles. The third-order valence-electron chi connectivity index (χ3n) is 6.40. The third kappa shape index (κ3) is 5.67. The number of benzene rings is 1. The topological polar surface area (TPSA) is 47.1 Å². The van der Waals surface area contributed by atoms with E-state index >= 15 is 0 Å². The highest BCUT2D eigenvalue weighted by molar-refractivity contribution is 5.86. The van der Waals surface area contributed by atoms with Crippen molar-refractivity contribution in [3.63, 3.8) is 0 Å². The van der Waals surface area contributed by atoms with Crippen molar-refractivity contribution < 1.29 is 9.59 Å². The number of amides is 2. The number of rotatable bonds is 8. The Labute approximate surface area is 181 Å². The van der Waals surface area contributed by atoms with Crippen molar-refractivity contribution in [1.29, 1.82) is 0 Å². The molecule has 0 aliphatic carbocycles. The summed E-state index contributed by atoms with van der Waals surface area (Å²) in [5.41, 5.74) is 2.08. The van der Waals surface area contributed by atoms with Crippen LogP contribution in [0.25, 0.3) is 0 Å². The Bertz CT molecular complexity index is 637. The summed E-state index contributed by atoms with van der Waals surface area (Å²) in [7, 11) is 0. The van der Waals surface area contributed by atoms with Gasteiger partial charge in [-0.2, -0.15) is 0 Å². The highest BCUT2D eigenvalue weighted by atomic mass is 16.2. The minimum Gasteiger partial charge on any atom is -0.361 e. The summed E-state index contributed by atoms with van der Waals surface area (Å²) in [4.78, 5) is 34.1. The molecule has 0 N–H and O–H groups in total. The SMILES string of the molecule is CCN(CC(=O)N1CCCCC1)c1ccccc1N(CC)CC(=O)N1CCCCC1. The molecule has 2 aliphatic rings. The van der Waals surface area contributed by atoms with Gasteiger partial charge in [0.2, 0.25) is 11.8 Å². The van der Waals surface area contributed by atoms with E-state index < -0.39 is 0 Å². The molecule has 3 rings (SSSR count). The molecule has 6 nitrogen and oxygen atoms in total. The van der Waals surface area contributed by atoms with Crippen LogP contribution in [-0.2, 0) is 9.59 Å². The van der Waals surface area contributed by atoms with E-state index in [1.807, 2.05) is 21.9 Å². The van der Waals surface area contributed by atoms with Crippen LogP contribution in [0, 0.1) is 0 Å². The van der Waals surface area contributed by atoms with Gasteiger partial charge in [-0.25, -0.2) is 0 Å². The van der Waals surface area contributed by atoms with Crippen molar-refractivity contribution in [2.45, 2.75) is 52.4 Å². The largest absolute Gasteiger partial charge is 0.361 e. The molecule has 30 heavy (non-hydrogen) atoms. The van der Waals surface area contributed by atoms with Crippen LogP contribution in [0.5, 0.6) is 0 Å². The van der Waals surface area contributed by atoms with Gasteiger partial charge in [0, 0.05) is 39.3 Å². The second-order valence-electron chi connectivity index (χ2n) is 8.40. The molecular formula is C24H38N4O2. The average molecular weight is 415 g/mol. The standard InChI is InChI=1S/C24H38N4O2/c1-3-25(19-23(29)27-15-9-5-10-16-27)21-13-7-8-14-22(21)26(4-2)20-24(30)28-17-11-6-12-18-28/h7-8,13-14H,3-6,9-12,15-20H2,1-2H3. The van der Waals surface area contributed by atoms with E-state index in [1.165, 1.54) is 12.8 Å². The van der Waals surface area contributed by atoms with E-state index in [0.717, 1.165) is 76.3 Å². The van der Waals surface area contributed by atoms with Crippen molar-refractivity contribution in [2.24, 2.45) is 0 Å². The summed E-state index contributed by atoms with van der Waals surface area (Å²) < 4.78 is 0. The molecule has 2 amide bonds. The maximum Gasteiger partial charge on any atom is 0.242 e. The molecule has 6 heteroatoms. The van der Waals surface area contributed by atoms with E-state index in [1.54, 1.807) is 0 Å². The quantitative estimate of drug-likeness (QED) is 0.654. The normalized spacial score (nSPS) is 17.0. The number of anilines is 2. The van der Waals surface area contributed by atoms with Crippen LogP contribution in [0.15, 0.2) is 24.3 Å². The second-order valence-corrected chi connectivity index (χ2v) is 8.40. The zero-order chi connectivity index (χ0) is 21.3. The first-order valence-electron chi connectivity index (χ1n) is 11.8. The minimum absolute atomic E-state index is 0.207. The Morgan fingerprint density at radius 3 is 1.40 bits per heavy atom. The third-order valence-corrected chi connectivity index (χ3v) is 6.40. The van der Waals surface area contributed by atoms with Gasteiger partial charge in [-0.15, -0.1) is 0 Å². The summed E-state index contributed by atoms with van der Waals surface area (Å²) >= 11 is 0. The van der Waals surface area contributed by atoms with Crippen LogP contribution < -0.4 is 9.80 Å². The fourth-order valence-corrected chi connectivity index (χ4v) is 4.55. The lowest BCUT2D eigenvalue weighted by Gasteiger charge is -2.34. The van der Waals surface area contributed by atoms with Crippen LogP contribution in [0.1, 0.15) is 52.4 Å². The van der Waals surface area contributed by atoms with Crippen molar-refractivity contribution in [3.8, 4) is 0 Å². The van der Waals surface area contributed by atoms with Gasteiger partial charge < -0.3 is 19.6 Å². The number of likely N-dealkylation sites (N-methyl/N-ethyl adjacent to an activating group) is 2.